The molecule has 1 aromatic rings. The van der Waals surface area contributed by atoms with Gasteiger partial charge in [0.05, 0.1) is 0 Å². The Morgan fingerprint density at radius 3 is 2.84 bits per heavy atom. The van der Waals surface area contributed by atoms with E-state index in [1.54, 1.807) is 11.8 Å². The standard InChI is InChI=1S/C12H17FN2O2S2/c1-8-5-9(14)6-11(12(8)13)19(16,17)15-10-3-2-4-18-7-10/h5-6,10,15H,2-4,7,14H2,1H3. The third kappa shape index (κ3) is 3.40. The maximum Gasteiger partial charge on any atom is 0.243 e. The van der Waals surface area contributed by atoms with Crippen LogP contribution in [-0.4, -0.2) is 26.0 Å². The summed E-state index contributed by atoms with van der Waals surface area (Å²) in [6.07, 6.45) is 1.76. The van der Waals surface area contributed by atoms with E-state index in [-0.39, 0.29) is 22.2 Å². The average Bonchev–Trinajstić information content (AvgIpc) is 2.34. The number of sulfonamides is 1. The zero-order valence-corrected chi connectivity index (χ0v) is 12.3. The molecule has 1 atom stereocenters. The van der Waals surface area contributed by atoms with Crippen LogP contribution in [-0.2, 0) is 10.0 Å². The molecule has 0 spiro atoms. The molecule has 1 aliphatic rings. The highest BCUT2D eigenvalue weighted by Gasteiger charge is 2.25. The van der Waals surface area contributed by atoms with Crippen molar-refractivity contribution in [3.63, 3.8) is 0 Å². The molecule has 1 aromatic carbocycles. The van der Waals surface area contributed by atoms with Crippen LogP contribution in [0.3, 0.4) is 0 Å². The monoisotopic (exact) mass is 304 g/mol. The molecular formula is C12H17FN2O2S2. The van der Waals surface area contributed by atoms with Gasteiger partial charge in [0.15, 0.2) is 0 Å². The Balaban J connectivity index is 2.28. The van der Waals surface area contributed by atoms with Crippen LogP contribution in [0.15, 0.2) is 17.0 Å². The van der Waals surface area contributed by atoms with Gasteiger partial charge in [-0.05, 0) is 43.2 Å². The van der Waals surface area contributed by atoms with Gasteiger partial charge in [-0.3, -0.25) is 0 Å². The molecule has 0 saturated carbocycles. The predicted molar refractivity (Wildman–Crippen MR) is 76.2 cm³/mol. The number of anilines is 1. The van der Waals surface area contributed by atoms with E-state index >= 15 is 0 Å². The number of nitrogens with two attached hydrogens (primary N) is 1. The van der Waals surface area contributed by atoms with Gasteiger partial charge in [-0.1, -0.05) is 0 Å². The molecule has 7 heteroatoms. The number of benzene rings is 1. The average molecular weight is 304 g/mol. The van der Waals surface area contributed by atoms with Gasteiger partial charge < -0.3 is 5.73 Å². The Morgan fingerprint density at radius 1 is 1.47 bits per heavy atom. The minimum Gasteiger partial charge on any atom is -0.399 e. The van der Waals surface area contributed by atoms with Gasteiger partial charge in [0.1, 0.15) is 10.7 Å². The number of hydrogen-bond acceptors (Lipinski definition) is 4. The number of hydrogen-bond donors (Lipinski definition) is 2. The van der Waals surface area contributed by atoms with Crippen molar-refractivity contribution in [2.45, 2.75) is 30.7 Å². The van der Waals surface area contributed by atoms with Crippen molar-refractivity contribution >= 4 is 27.5 Å². The first-order chi connectivity index (χ1) is 8.90. The van der Waals surface area contributed by atoms with Crippen LogP contribution in [0, 0.1) is 12.7 Å². The molecule has 19 heavy (non-hydrogen) atoms. The van der Waals surface area contributed by atoms with Crippen LogP contribution >= 0.6 is 11.8 Å². The minimum absolute atomic E-state index is 0.134. The highest BCUT2D eigenvalue weighted by Crippen LogP contribution is 2.24. The summed E-state index contributed by atoms with van der Waals surface area (Å²) in [6.45, 7) is 1.50. The van der Waals surface area contributed by atoms with Crippen LogP contribution in [0.2, 0.25) is 0 Å². The van der Waals surface area contributed by atoms with E-state index in [2.05, 4.69) is 4.72 Å². The summed E-state index contributed by atoms with van der Waals surface area (Å²) in [4.78, 5) is -0.361. The highest BCUT2D eigenvalue weighted by molar-refractivity contribution is 7.99. The Hall–Kier alpha value is -0.790. The zero-order valence-electron chi connectivity index (χ0n) is 10.6. The van der Waals surface area contributed by atoms with E-state index in [1.807, 2.05) is 0 Å². The lowest BCUT2D eigenvalue weighted by Crippen LogP contribution is -2.38. The minimum atomic E-state index is -3.85. The normalized spacial score (nSPS) is 20.4. The first-order valence-corrected chi connectivity index (χ1v) is 8.69. The fourth-order valence-electron chi connectivity index (χ4n) is 2.08. The van der Waals surface area contributed by atoms with Gasteiger partial charge in [0.2, 0.25) is 10.0 Å². The van der Waals surface area contributed by atoms with E-state index in [0.717, 1.165) is 24.3 Å². The van der Waals surface area contributed by atoms with E-state index < -0.39 is 15.8 Å². The molecule has 1 heterocycles. The molecule has 4 nitrogen and oxygen atoms in total. The lowest BCUT2D eigenvalue weighted by molar-refractivity contribution is 0.529. The molecule has 106 valence electrons. The van der Waals surface area contributed by atoms with E-state index in [9.17, 15) is 12.8 Å². The predicted octanol–water partition coefficient (Wildman–Crippen LogP) is 1.89. The molecule has 1 aliphatic heterocycles. The number of nitrogen functional groups attached to an aromatic ring is 1. The van der Waals surface area contributed by atoms with E-state index in [0.29, 0.717) is 0 Å². The topological polar surface area (TPSA) is 72.2 Å². The SMILES string of the molecule is Cc1cc(N)cc(S(=O)(=O)NC2CCCSC2)c1F. The number of thioether (sulfide) groups is 1. The van der Waals surface area contributed by atoms with Gasteiger partial charge in [-0.2, -0.15) is 11.8 Å². The zero-order chi connectivity index (χ0) is 14.0. The molecule has 1 unspecified atom stereocenters. The first-order valence-electron chi connectivity index (χ1n) is 6.06. The quantitative estimate of drug-likeness (QED) is 0.837. The number of halogens is 1. The van der Waals surface area contributed by atoms with Crippen LogP contribution in [0.5, 0.6) is 0 Å². The second kappa shape index (κ2) is 5.68. The van der Waals surface area contributed by atoms with Crippen LogP contribution in [0.1, 0.15) is 18.4 Å². The molecule has 0 amide bonds. The van der Waals surface area contributed by atoms with Crippen molar-refractivity contribution in [1.82, 2.24) is 4.72 Å². The lowest BCUT2D eigenvalue weighted by atomic mass is 10.2. The summed E-state index contributed by atoms with van der Waals surface area (Å²) in [5, 5.41) is 0. The Bertz CT molecular complexity index is 569. The van der Waals surface area contributed by atoms with Crippen LogP contribution in [0.25, 0.3) is 0 Å². The number of rotatable bonds is 3. The third-order valence-corrected chi connectivity index (χ3v) is 5.75. The lowest BCUT2D eigenvalue weighted by Gasteiger charge is -2.22. The smallest absolute Gasteiger partial charge is 0.243 e. The highest BCUT2D eigenvalue weighted by atomic mass is 32.2. The van der Waals surface area contributed by atoms with Crippen molar-refractivity contribution in [3.05, 3.63) is 23.5 Å². The Labute approximate surface area is 117 Å². The van der Waals surface area contributed by atoms with Crippen molar-refractivity contribution < 1.29 is 12.8 Å². The van der Waals surface area contributed by atoms with Crippen molar-refractivity contribution in [1.29, 1.82) is 0 Å². The fourth-order valence-corrected chi connectivity index (χ4v) is 4.71. The third-order valence-electron chi connectivity index (χ3n) is 3.02. The summed E-state index contributed by atoms with van der Waals surface area (Å²) in [5.74, 6) is 1.04. The number of aryl methyl sites for hydroxylation is 1. The summed E-state index contributed by atoms with van der Waals surface area (Å²) in [5.41, 5.74) is 6.08. The van der Waals surface area contributed by atoms with Gasteiger partial charge in [-0.25, -0.2) is 17.5 Å². The van der Waals surface area contributed by atoms with Crippen LogP contribution in [0.4, 0.5) is 10.1 Å². The summed E-state index contributed by atoms with van der Waals surface area (Å²) in [6, 6.07) is 2.45. The largest absolute Gasteiger partial charge is 0.399 e. The summed E-state index contributed by atoms with van der Waals surface area (Å²) in [7, 11) is -3.85. The Kier molecular flexibility index (Phi) is 4.37. The van der Waals surface area contributed by atoms with Gasteiger partial charge in [0.25, 0.3) is 0 Å². The van der Waals surface area contributed by atoms with Gasteiger partial charge >= 0.3 is 0 Å². The first kappa shape index (κ1) is 14.6. The van der Waals surface area contributed by atoms with Crippen LogP contribution < -0.4 is 10.5 Å². The van der Waals surface area contributed by atoms with E-state index in [1.165, 1.54) is 19.1 Å². The van der Waals surface area contributed by atoms with Crippen molar-refractivity contribution in [3.8, 4) is 0 Å². The van der Waals surface area contributed by atoms with Crippen molar-refractivity contribution in [2.75, 3.05) is 17.2 Å². The maximum atomic E-state index is 14.0. The molecule has 0 bridgehead atoms. The molecule has 2 rings (SSSR count). The number of nitrogens with one attached hydrogen (secondary N) is 1. The maximum absolute atomic E-state index is 14.0. The van der Waals surface area contributed by atoms with Crippen molar-refractivity contribution in [2.24, 2.45) is 0 Å². The summed E-state index contributed by atoms with van der Waals surface area (Å²) >= 11 is 1.70. The Morgan fingerprint density at radius 2 is 2.21 bits per heavy atom. The summed E-state index contributed by atoms with van der Waals surface area (Å²) < 4.78 is 40.9. The van der Waals surface area contributed by atoms with Gasteiger partial charge in [0, 0.05) is 17.5 Å². The molecule has 3 N–H and O–H groups in total. The molecule has 0 aliphatic carbocycles. The molecule has 1 fully saturated rings. The molecular weight excluding hydrogens is 287 g/mol. The molecule has 1 saturated heterocycles. The molecule has 0 aromatic heterocycles. The molecule has 0 radical (unpaired) electrons. The second-order valence-corrected chi connectivity index (χ2v) is 7.52. The second-order valence-electron chi connectivity index (χ2n) is 4.69. The fraction of sp³-hybridized carbons (Fsp3) is 0.500. The van der Waals surface area contributed by atoms with E-state index in [4.69, 9.17) is 5.73 Å². The van der Waals surface area contributed by atoms with Gasteiger partial charge in [-0.15, -0.1) is 0 Å².